The van der Waals surface area contributed by atoms with Crippen molar-refractivity contribution in [3.8, 4) is 5.75 Å². The zero-order valence-corrected chi connectivity index (χ0v) is 16.9. The molecule has 0 aliphatic heterocycles. The highest BCUT2D eigenvalue weighted by atomic mass is 127. The summed E-state index contributed by atoms with van der Waals surface area (Å²) in [6, 6.07) is 13.9. The molecule has 0 radical (unpaired) electrons. The number of anilines is 2. The number of benzene rings is 2. The zero-order valence-electron chi connectivity index (χ0n) is 13.9. The molecule has 0 spiro atoms. The molecule has 25 heavy (non-hydrogen) atoms. The molecule has 0 aliphatic rings. The van der Waals surface area contributed by atoms with Crippen LogP contribution in [0.25, 0.3) is 0 Å². The number of nitrogens with zero attached hydrogens (tertiary/aromatic N) is 1. The molecule has 1 amide bonds. The van der Waals surface area contributed by atoms with Gasteiger partial charge in [0.25, 0.3) is 0 Å². The number of nitrogens with one attached hydrogen (secondary N) is 1. The van der Waals surface area contributed by atoms with Gasteiger partial charge in [-0.05, 0) is 65.9 Å². The smallest absolute Gasteiger partial charge is 0.245 e. The Morgan fingerprint density at radius 2 is 1.88 bits per heavy atom. The predicted octanol–water partition coefficient (Wildman–Crippen LogP) is 3.09. The van der Waals surface area contributed by atoms with Crippen LogP contribution in [0.2, 0.25) is 0 Å². The summed E-state index contributed by atoms with van der Waals surface area (Å²) in [5, 5.41) is 2.70. The fourth-order valence-electron chi connectivity index (χ4n) is 2.16. The van der Waals surface area contributed by atoms with Crippen LogP contribution >= 0.6 is 22.6 Å². The lowest BCUT2D eigenvalue weighted by Gasteiger charge is -2.22. The third-order valence-corrected chi connectivity index (χ3v) is 5.09. The molecule has 2 rings (SSSR count). The number of halogens is 1. The summed E-state index contributed by atoms with van der Waals surface area (Å²) in [7, 11) is -3.63. The zero-order chi connectivity index (χ0) is 18.4. The second-order valence-electron chi connectivity index (χ2n) is 5.26. The van der Waals surface area contributed by atoms with Crippen LogP contribution in [0.4, 0.5) is 11.4 Å². The molecule has 0 saturated carbocycles. The minimum absolute atomic E-state index is 0.319. The summed E-state index contributed by atoms with van der Waals surface area (Å²) in [5.41, 5.74) is 0.994. The lowest BCUT2D eigenvalue weighted by atomic mass is 10.3. The van der Waals surface area contributed by atoms with Gasteiger partial charge in [-0.15, -0.1) is 0 Å². The summed E-state index contributed by atoms with van der Waals surface area (Å²) in [4.78, 5) is 12.3. The molecule has 0 atom stereocenters. The molecular weight excluding hydrogens is 455 g/mol. The number of carbonyl (C=O) groups is 1. The van der Waals surface area contributed by atoms with Gasteiger partial charge in [0.05, 0.1) is 18.6 Å². The topological polar surface area (TPSA) is 75.7 Å². The van der Waals surface area contributed by atoms with E-state index >= 15 is 0 Å². The van der Waals surface area contributed by atoms with E-state index < -0.39 is 15.9 Å². The molecule has 134 valence electrons. The van der Waals surface area contributed by atoms with Gasteiger partial charge in [0.2, 0.25) is 15.9 Å². The van der Waals surface area contributed by atoms with E-state index in [4.69, 9.17) is 4.74 Å². The molecule has 1 N–H and O–H groups in total. The van der Waals surface area contributed by atoms with Crippen molar-refractivity contribution >= 4 is 49.9 Å². The van der Waals surface area contributed by atoms with Gasteiger partial charge in [-0.25, -0.2) is 8.42 Å². The van der Waals surface area contributed by atoms with Crippen LogP contribution in [0.3, 0.4) is 0 Å². The van der Waals surface area contributed by atoms with Crippen molar-refractivity contribution in [1.29, 1.82) is 0 Å². The first-order chi connectivity index (χ1) is 11.8. The van der Waals surface area contributed by atoms with Gasteiger partial charge in [0.1, 0.15) is 12.3 Å². The largest absolute Gasteiger partial charge is 0.494 e. The third-order valence-electron chi connectivity index (χ3n) is 3.23. The van der Waals surface area contributed by atoms with E-state index in [1.807, 2.05) is 19.1 Å². The SMILES string of the molecule is CCOc1cccc(N(CC(=O)Nc2ccc(I)cc2)S(C)(=O)=O)c1. The lowest BCUT2D eigenvalue weighted by Crippen LogP contribution is -2.37. The van der Waals surface area contributed by atoms with Crippen molar-refractivity contribution in [1.82, 2.24) is 0 Å². The number of hydrogen-bond donors (Lipinski definition) is 1. The normalized spacial score (nSPS) is 11.0. The second-order valence-corrected chi connectivity index (χ2v) is 8.41. The predicted molar refractivity (Wildman–Crippen MR) is 108 cm³/mol. The third kappa shape index (κ3) is 5.89. The minimum Gasteiger partial charge on any atom is -0.494 e. The number of hydrogen-bond acceptors (Lipinski definition) is 4. The Kier molecular flexibility index (Phi) is 6.65. The highest BCUT2D eigenvalue weighted by Gasteiger charge is 2.21. The molecule has 2 aromatic rings. The number of sulfonamides is 1. The molecule has 6 nitrogen and oxygen atoms in total. The molecule has 0 aromatic heterocycles. The average molecular weight is 474 g/mol. The molecule has 2 aromatic carbocycles. The van der Waals surface area contributed by atoms with Gasteiger partial charge < -0.3 is 10.1 Å². The Hall–Kier alpha value is -1.81. The molecule has 0 fully saturated rings. The molecule has 0 bridgehead atoms. The van der Waals surface area contributed by atoms with Gasteiger partial charge in [0.15, 0.2) is 0 Å². The molecule has 0 heterocycles. The van der Waals surface area contributed by atoms with Crippen LogP contribution in [-0.2, 0) is 14.8 Å². The molecular formula is C17H19IN2O4S. The van der Waals surface area contributed by atoms with Crippen LogP contribution in [0.15, 0.2) is 48.5 Å². The lowest BCUT2D eigenvalue weighted by molar-refractivity contribution is -0.114. The van der Waals surface area contributed by atoms with Gasteiger partial charge in [0, 0.05) is 15.3 Å². The van der Waals surface area contributed by atoms with E-state index in [9.17, 15) is 13.2 Å². The van der Waals surface area contributed by atoms with Gasteiger partial charge in [-0.2, -0.15) is 0 Å². The van der Waals surface area contributed by atoms with E-state index in [0.717, 1.165) is 14.1 Å². The number of ether oxygens (including phenoxy) is 1. The molecule has 8 heteroatoms. The van der Waals surface area contributed by atoms with Crippen molar-refractivity contribution in [3.63, 3.8) is 0 Å². The van der Waals surface area contributed by atoms with Crippen molar-refractivity contribution in [3.05, 3.63) is 52.1 Å². The second kappa shape index (κ2) is 8.52. The Labute approximate surface area is 161 Å². The van der Waals surface area contributed by atoms with E-state index in [1.165, 1.54) is 0 Å². The Balaban J connectivity index is 2.19. The summed E-state index contributed by atoms with van der Waals surface area (Å²) >= 11 is 2.17. The van der Waals surface area contributed by atoms with Crippen LogP contribution in [0, 0.1) is 3.57 Å². The van der Waals surface area contributed by atoms with Crippen LogP contribution in [0.1, 0.15) is 6.92 Å². The fraction of sp³-hybridized carbons (Fsp3) is 0.235. The van der Waals surface area contributed by atoms with Gasteiger partial charge in [-0.1, -0.05) is 6.07 Å². The first-order valence-corrected chi connectivity index (χ1v) is 10.5. The number of amides is 1. The molecule has 0 aliphatic carbocycles. The molecule has 0 saturated heterocycles. The van der Waals surface area contributed by atoms with Crippen LogP contribution < -0.4 is 14.4 Å². The summed E-state index contributed by atoms with van der Waals surface area (Å²) in [5.74, 6) is 0.125. The van der Waals surface area contributed by atoms with Gasteiger partial charge >= 0.3 is 0 Å². The van der Waals surface area contributed by atoms with E-state index in [-0.39, 0.29) is 6.54 Å². The summed E-state index contributed by atoms with van der Waals surface area (Å²) in [6.07, 6.45) is 1.07. The first kappa shape index (κ1) is 19.5. The van der Waals surface area contributed by atoms with Crippen molar-refractivity contribution in [2.45, 2.75) is 6.92 Å². The van der Waals surface area contributed by atoms with E-state index in [2.05, 4.69) is 27.9 Å². The Bertz CT molecular complexity index is 838. The van der Waals surface area contributed by atoms with E-state index in [0.29, 0.717) is 23.7 Å². The van der Waals surface area contributed by atoms with Crippen molar-refractivity contribution in [2.75, 3.05) is 29.0 Å². The Morgan fingerprint density at radius 1 is 1.20 bits per heavy atom. The van der Waals surface area contributed by atoms with Crippen LogP contribution in [-0.4, -0.2) is 33.7 Å². The highest BCUT2D eigenvalue weighted by Crippen LogP contribution is 2.23. The highest BCUT2D eigenvalue weighted by molar-refractivity contribution is 14.1. The summed E-state index contributed by atoms with van der Waals surface area (Å²) in [6.45, 7) is 1.99. The van der Waals surface area contributed by atoms with Crippen LogP contribution in [0.5, 0.6) is 5.75 Å². The molecule has 0 unspecified atom stereocenters. The maximum Gasteiger partial charge on any atom is 0.245 e. The number of rotatable bonds is 7. The average Bonchev–Trinajstić information content (AvgIpc) is 2.54. The fourth-order valence-corrected chi connectivity index (χ4v) is 3.37. The quantitative estimate of drug-likeness (QED) is 0.626. The monoisotopic (exact) mass is 474 g/mol. The first-order valence-electron chi connectivity index (χ1n) is 7.55. The maximum absolute atomic E-state index is 12.3. The van der Waals surface area contributed by atoms with Gasteiger partial charge in [-0.3, -0.25) is 9.10 Å². The summed E-state index contributed by atoms with van der Waals surface area (Å²) < 4.78 is 31.8. The van der Waals surface area contributed by atoms with E-state index in [1.54, 1.807) is 36.4 Å². The minimum atomic E-state index is -3.63. The maximum atomic E-state index is 12.3. The number of carbonyl (C=O) groups excluding carboxylic acids is 1. The van der Waals surface area contributed by atoms with Crippen molar-refractivity contribution < 1.29 is 17.9 Å². The Morgan fingerprint density at radius 3 is 2.48 bits per heavy atom. The van der Waals surface area contributed by atoms with Crippen molar-refractivity contribution in [2.24, 2.45) is 0 Å². The standard InChI is InChI=1S/C17H19IN2O4S/c1-3-24-16-6-4-5-15(11-16)20(25(2,22)23)12-17(21)19-14-9-7-13(18)8-10-14/h4-11H,3,12H2,1-2H3,(H,19,21).